The molecular formula is C14H18N4O. The van der Waals surface area contributed by atoms with Crippen LogP contribution in [0, 0.1) is 6.92 Å². The molecule has 0 saturated heterocycles. The summed E-state index contributed by atoms with van der Waals surface area (Å²) in [4.78, 5) is 16.0. The molecule has 0 unspecified atom stereocenters. The van der Waals surface area contributed by atoms with Crippen molar-refractivity contribution in [2.75, 3.05) is 0 Å². The molecule has 19 heavy (non-hydrogen) atoms. The number of amides is 1. The molecule has 0 aliphatic carbocycles. The third-order valence-electron chi connectivity index (χ3n) is 3.23. The topological polar surface area (TPSA) is 59.8 Å². The lowest BCUT2D eigenvalue weighted by atomic mass is 10.0. The molecule has 0 fully saturated rings. The standard InChI is InChI=1S/C14H18N4O/c1-10-6-4-5-7-13(10)11(2)17-14(19)12(3)18-9-15-8-16-18/h4-9,11-12H,1-3H3,(H,17,19)/t11-,12-/m0/s1. The molecule has 0 spiro atoms. The molecule has 100 valence electrons. The van der Waals surface area contributed by atoms with Gasteiger partial charge in [-0.1, -0.05) is 24.3 Å². The van der Waals surface area contributed by atoms with Gasteiger partial charge in [0.15, 0.2) is 0 Å². The van der Waals surface area contributed by atoms with Crippen LogP contribution in [0.15, 0.2) is 36.9 Å². The van der Waals surface area contributed by atoms with Crippen molar-refractivity contribution in [2.45, 2.75) is 32.9 Å². The molecule has 5 nitrogen and oxygen atoms in total. The van der Waals surface area contributed by atoms with E-state index in [0.29, 0.717) is 0 Å². The fraction of sp³-hybridized carbons (Fsp3) is 0.357. The summed E-state index contributed by atoms with van der Waals surface area (Å²) in [6.07, 6.45) is 2.97. The van der Waals surface area contributed by atoms with Crippen molar-refractivity contribution in [1.82, 2.24) is 20.1 Å². The predicted octanol–water partition coefficient (Wildman–Crippen LogP) is 2.02. The Bertz CT molecular complexity index is 550. The van der Waals surface area contributed by atoms with Crippen LogP contribution in [0.25, 0.3) is 0 Å². The molecule has 0 radical (unpaired) electrons. The highest BCUT2D eigenvalue weighted by atomic mass is 16.2. The third-order valence-corrected chi connectivity index (χ3v) is 3.23. The number of hydrogen-bond acceptors (Lipinski definition) is 3. The van der Waals surface area contributed by atoms with Gasteiger partial charge in [-0.15, -0.1) is 0 Å². The Morgan fingerprint density at radius 1 is 1.32 bits per heavy atom. The van der Waals surface area contributed by atoms with Crippen molar-refractivity contribution < 1.29 is 4.79 Å². The lowest BCUT2D eigenvalue weighted by Gasteiger charge is -2.19. The van der Waals surface area contributed by atoms with Gasteiger partial charge in [0.2, 0.25) is 5.91 Å². The van der Waals surface area contributed by atoms with E-state index >= 15 is 0 Å². The van der Waals surface area contributed by atoms with Gasteiger partial charge in [0.05, 0.1) is 6.04 Å². The Morgan fingerprint density at radius 2 is 2.05 bits per heavy atom. The molecule has 5 heteroatoms. The first-order chi connectivity index (χ1) is 9.09. The molecular weight excluding hydrogens is 240 g/mol. The first-order valence-corrected chi connectivity index (χ1v) is 6.29. The van der Waals surface area contributed by atoms with E-state index in [1.54, 1.807) is 17.9 Å². The van der Waals surface area contributed by atoms with Gasteiger partial charge in [0.25, 0.3) is 0 Å². The fourth-order valence-electron chi connectivity index (χ4n) is 2.02. The number of aromatic nitrogens is 3. The number of nitrogens with zero attached hydrogens (tertiary/aromatic N) is 3. The van der Waals surface area contributed by atoms with Crippen molar-refractivity contribution in [3.8, 4) is 0 Å². The molecule has 1 amide bonds. The summed E-state index contributed by atoms with van der Waals surface area (Å²) in [6.45, 7) is 5.82. The monoisotopic (exact) mass is 258 g/mol. The zero-order valence-electron chi connectivity index (χ0n) is 11.4. The Hall–Kier alpha value is -2.17. The summed E-state index contributed by atoms with van der Waals surface area (Å²) in [5.74, 6) is -0.0683. The summed E-state index contributed by atoms with van der Waals surface area (Å²) >= 11 is 0. The van der Waals surface area contributed by atoms with Gasteiger partial charge in [-0.25, -0.2) is 9.67 Å². The first kappa shape index (κ1) is 13.3. The molecule has 2 aromatic rings. The number of carbonyl (C=O) groups excluding carboxylic acids is 1. The van der Waals surface area contributed by atoms with E-state index in [9.17, 15) is 4.79 Å². The number of rotatable bonds is 4. The maximum Gasteiger partial charge on any atom is 0.245 e. The molecule has 0 aliphatic heterocycles. The zero-order chi connectivity index (χ0) is 13.8. The lowest BCUT2D eigenvalue weighted by Crippen LogP contribution is -2.33. The van der Waals surface area contributed by atoms with Gasteiger partial charge in [-0.05, 0) is 31.9 Å². The van der Waals surface area contributed by atoms with E-state index in [1.807, 2.05) is 38.1 Å². The van der Waals surface area contributed by atoms with Crippen LogP contribution >= 0.6 is 0 Å². The first-order valence-electron chi connectivity index (χ1n) is 6.29. The molecule has 0 aliphatic rings. The van der Waals surface area contributed by atoms with Crippen molar-refractivity contribution in [2.24, 2.45) is 0 Å². The number of hydrogen-bond donors (Lipinski definition) is 1. The predicted molar refractivity (Wildman–Crippen MR) is 72.5 cm³/mol. The van der Waals surface area contributed by atoms with E-state index in [0.717, 1.165) is 5.56 Å². The van der Waals surface area contributed by atoms with Crippen molar-refractivity contribution >= 4 is 5.91 Å². The van der Waals surface area contributed by atoms with Gasteiger partial charge in [-0.3, -0.25) is 4.79 Å². The highest BCUT2D eigenvalue weighted by Gasteiger charge is 2.18. The minimum absolute atomic E-state index is 0.0281. The Kier molecular flexibility index (Phi) is 3.94. The normalized spacial score (nSPS) is 13.8. The largest absolute Gasteiger partial charge is 0.348 e. The third kappa shape index (κ3) is 2.99. The van der Waals surface area contributed by atoms with Crippen LogP contribution < -0.4 is 5.32 Å². The van der Waals surface area contributed by atoms with Crippen LogP contribution in [0.4, 0.5) is 0 Å². The van der Waals surface area contributed by atoms with E-state index in [4.69, 9.17) is 0 Å². The average Bonchev–Trinajstić information content (AvgIpc) is 2.92. The van der Waals surface area contributed by atoms with Crippen LogP contribution in [0.1, 0.15) is 37.1 Å². The molecule has 0 saturated carbocycles. The Morgan fingerprint density at radius 3 is 2.68 bits per heavy atom. The van der Waals surface area contributed by atoms with E-state index in [2.05, 4.69) is 15.4 Å². The molecule has 0 bridgehead atoms. The van der Waals surface area contributed by atoms with Crippen molar-refractivity contribution in [3.63, 3.8) is 0 Å². The van der Waals surface area contributed by atoms with Crippen LogP contribution in [-0.4, -0.2) is 20.7 Å². The second kappa shape index (κ2) is 5.65. The fourth-order valence-corrected chi connectivity index (χ4v) is 2.02. The second-order valence-electron chi connectivity index (χ2n) is 4.64. The van der Waals surface area contributed by atoms with Gasteiger partial charge < -0.3 is 5.32 Å². The van der Waals surface area contributed by atoms with Gasteiger partial charge >= 0.3 is 0 Å². The summed E-state index contributed by atoms with van der Waals surface area (Å²) in [5, 5.41) is 6.98. The molecule has 2 atom stereocenters. The second-order valence-corrected chi connectivity index (χ2v) is 4.64. The molecule has 1 aromatic carbocycles. The number of aryl methyl sites for hydroxylation is 1. The highest BCUT2D eigenvalue weighted by molar-refractivity contribution is 5.80. The van der Waals surface area contributed by atoms with Gasteiger partial charge in [-0.2, -0.15) is 5.10 Å². The SMILES string of the molecule is Cc1ccccc1[C@H](C)NC(=O)[C@H](C)n1cncn1. The minimum Gasteiger partial charge on any atom is -0.348 e. The maximum absolute atomic E-state index is 12.1. The zero-order valence-corrected chi connectivity index (χ0v) is 11.4. The number of carbonyl (C=O) groups is 1. The van der Waals surface area contributed by atoms with E-state index < -0.39 is 0 Å². The lowest BCUT2D eigenvalue weighted by molar-refractivity contribution is -0.124. The van der Waals surface area contributed by atoms with Crippen molar-refractivity contribution in [1.29, 1.82) is 0 Å². The summed E-state index contributed by atoms with van der Waals surface area (Å²) < 4.78 is 1.54. The average molecular weight is 258 g/mol. The van der Waals surface area contributed by atoms with Crippen LogP contribution in [0.5, 0.6) is 0 Å². The Balaban J connectivity index is 2.05. The number of benzene rings is 1. The van der Waals surface area contributed by atoms with Gasteiger partial charge in [0.1, 0.15) is 18.7 Å². The Labute approximate surface area is 112 Å². The van der Waals surface area contributed by atoms with Gasteiger partial charge in [0, 0.05) is 0 Å². The maximum atomic E-state index is 12.1. The number of nitrogens with one attached hydrogen (secondary N) is 1. The molecule has 2 rings (SSSR count). The highest BCUT2D eigenvalue weighted by Crippen LogP contribution is 2.17. The molecule has 1 aromatic heterocycles. The minimum atomic E-state index is -0.367. The summed E-state index contributed by atoms with van der Waals surface area (Å²) in [7, 11) is 0. The molecule has 1 N–H and O–H groups in total. The van der Waals surface area contributed by atoms with E-state index in [-0.39, 0.29) is 18.0 Å². The van der Waals surface area contributed by atoms with Crippen LogP contribution in [0.2, 0.25) is 0 Å². The smallest absolute Gasteiger partial charge is 0.245 e. The van der Waals surface area contributed by atoms with E-state index in [1.165, 1.54) is 11.9 Å². The van der Waals surface area contributed by atoms with Crippen LogP contribution in [0.3, 0.4) is 0 Å². The quantitative estimate of drug-likeness (QED) is 0.912. The summed E-state index contributed by atoms with van der Waals surface area (Å²) in [5.41, 5.74) is 2.30. The summed E-state index contributed by atoms with van der Waals surface area (Å²) in [6, 6.07) is 7.64. The molecule has 1 heterocycles. The van der Waals surface area contributed by atoms with Crippen LogP contribution in [-0.2, 0) is 4.79 Å². The van der Waals surface area contributed by atoms with Crippen molar-refractivity contribution in [3.05, 3.63) is 48.0 Å².